The fraction of sp³-hybridized carbons (Fsp3) is 0.440. The van der Waals surface area contributed by atoms with E-state index in [9.17, 15) is 14.7 Å². The van der Waals surface area contributed by atoms with Crippen molar-refractivity contribution in [3.63, 3.8) is 0 Å². The van der Waals surface area contributed by atoms with Gasteiger partial charge in [-0.15, -0.1) is 0 Å². The summed E-state index contributed by atoms with van der Waals surface area (Å²) >= 11 is 0. The van der Waals surface area contributed by atoms with Crippen LogP contribution in [-0.2, 0) is 10.2 Å². The maximum atomic E-state index is 13.0. The maximum absolute atomic E-state index is 13.0. The van der Waals surface area contributed by atoms with Crippen LogP contribution in [-0.4, -0.2) is 31.2 Å². The second-order valence-corrected chi connectivity index (χ2v) is 8.66. The number of aromatic carboxylic acids is 1. The molecule has 1 unspecified atom stereocenters. The first-order valence-corrected chi connectivity index (χ1v) is 10.5. The van der Waals surface area contributed by atoms with Crippen LogP contribution in [0.5, 0.6) is 11.5 Å². The Morgan fingerprint density at radius 2 is 1.77 bits per heavy atom. The fourth-order valence-electron chi connectivity index (χ4n) is 3.73. The molecule has 0 saturated carbocycles. The molecule has 0 spiro atoms. The quantitative estimate of drug-likeness (QED) is 0.543. The molecule has 6 heteroatoms. The molecule has 0 aliphatic carbocycles. The summed E-state index contributed by atoms with van der Waals surface area (Å²) in [6, 6.07) is 10.5. The standard InChI is InChI=1S/C25H33NO5/c1-7-8-16(19-11-10-18(30-5)15-22(19)31-6)14-23(27)26-21-13-17(24(28)29)9-12-20(21)25(2,3)4/h9-13,15-16H,7-8,14H2,1-6H3,(H,26,27)(H,28,29). The average molecular weight is 428 g/mol. The lowest BCUT2D eigenvalue weighted by atomic mass is 9.85. The van der Waals surface area contributed by atoms with Crippen molar-refractivity contribution in [2.24, 2.45) is 0 Å². The van der Waals surface area contributed by atoms with Gasteiger partial charge in [0.25, 0.3) is 0 Å². The summed E-state index contributed by atoms with van der Waals surface area (Å²) in [6.07, 6.45) is 1.99. The van der Waals surface area contributed by atoms with E-state index in [-0.39, 0.29) is 29.2 Å². The van der Waals surface area contributed by atoms with E-state index in [0.717, 1.165) is 24.0 Å². The molecule has 168 valence electrons. The number of methoxy groups -OCH3 is 2. The molecule has 0 bridgehead atoms. The summed E-state index contributed by atoms with van der Waals surface area (Å²) in [4.78, 5) is 24.5. The molecule has 2 aromatic rings. The lowest BCUT2D eigenvalue weighted by Gasteiger charge is -2.24. The molecule has 1 atom stereocenters. The van der Waals surface area contributed by atoms with Gasteiger partial charge >= 0.3 is 5.97 Å². The highest BCUT2D eigenvalue weighted by molar-refractivity contribution is 5.95. The Bertz CT molecular complexity index is 930. The highest BCUT2D eigenvalue weighted by Crippen LogP contribution is 2.36. The van der Waals surface area contributed by atoms with Crippen molar-refractivity contribution in [1.82, 2.24) is 0 Å². The summed E-state index contributed by atoms with van der Waals surface area (Å²) < 4.78 is 10.8. The topological polar surface area (TPSA) is 84.9 Å². The SMILES string of the molecule is CCCC(CC(=O)Nc1cc(C(=O)O)ccc1C(C)(C)C)c1ccc(OC)cc1OC. The Balaban J connectivity index is 2.33. The second kappa shape index (κ2) is 10.3. The lowest BCUT2D eigenvalue weighted by molar-refractivity contribution is -0.116. The monoisotopic (exact) mass is 427 g/mol. The Morgan fingerprint density at radius 1 is 1.06 bits per heavy atom. The average Bonchev–Trinajstić information content (AvgIpc) is 2.71. The number of carboxylic acids is 1. The van der Waals surface area contributed by atoms with Gasteiger partial charge in [-0.05, 0) is 47.1 Å². The molecule has 0 saturated heterocycles. The molecular formula is C25H33NO5. The zero-order chi connectivity index (χ0) is 23.2. The van der Waals surface area contributed by atoms with Gasteiger partial charge in [0.15, 0.2) is 0 Å². The number of carbonyl (C=O) groups is 2. The molecule has 2 rings (SSSR count). The van der Waals surface area contributed by atoms with Gasteiger partial charge < -0.3 is 19.9 Å². The molecule has 1 amide bonds. The molecule has 2 N–H and O–H groups in total. The number of benzene rings is 2. The number of hydrogen-bond donors (Lipinski definition) is 2. The smallest absolute Gasteiger partial charge is 0.335 e. The van der Waals surface area contributed by atoms with E-state index in [1.54, 1.807) is 26.4 Å². The third-order valence-electron chi connectivity index (χ3n) is 5.30. The molecule has 0 aliphatic heterocycles. The number of ether oxygens (including phenoxy) is 2. The first-order valence-electron chi connectivity index (χ1n) is 10.5. The lowest BCUT2D eigenvalue weighted by Crippen LogP contribution is -2.21. The fourth-order valence-corrected chi connectivity index (χ4v) is 3.73. The molecular weight excluding hydrogens is 394 g/mol. The van der Waals surface area contributed by atoms with E-state index in [2.05, 4.69) is 12.2 Å². The third-order valence-corrected chi connectivity index (χ3v) is 5.30. The van der Waals surface area contributed by atoms with E-state index < -0.39 is 5.97 Å². The van der Waals surface area contributed by atoms with E-state index >= 15 is 0 Å². The number of nitrogens with one attached hydrogen (secondary N) is 1. The first-order chi connectivity index (χ1) is 14.6. The Labute approximate surface area is 184 Å². The van der Waals surface area contributed by atoms with Gasteiger partial charge in [0.2, 0.25) is 5.91 Å². The minimum atomic E-state index is -1.03. The summed E-state index contributed by atoms with van der Waals surface area (Å²) in [6.45, 7) is 8.16. The van der Waals surface area contributed by atoms with E-state index in [0.29, 0.717) is 17.2 Å². The Kier molecular flexibility index (Phi) is 8.08. The van der Waals surface area contributed by atoms with E-state index in [4.69, 9.17) is 9.47 Å². The zero-order valence-electron chi connectivity index (χ0n) is 19.2. The van der Waals surface area contributed by atoms with Crippen molar-refractivity contribution in [3.05, 3.63) is 53.1 Å². The van der Waals surface area contributed by atoms with Crippen LogP contribution in [0.3, 0.4) is 0 Å². The van der Waals surface area contributed by atoms with Crippen LogP contribution in [0.2, 0.25) is 0 Å². The highest BCUT2D eigenvalue weighted by Gasteiger charge is 2.23. The number of rotatable bonds is 9. The number of carboxylic acid groups (broad SMARTS) is 1. The van der Waals surface area contributed by atoms with Gasteiger partial charge in [-0.1, -0.05) is 46.2 Å². The molecule has 0 aliphatic rings. The molecule has 0 radical (unpaired) electrons. The summed E-state index contributed by atoms with van der Waals surface area (Å²) in [5, 5.41) is 12.3. The zero-order valence-corrected chi connectivity index (χ0v) is 19.2. The van der Waals surface area contributed by atoms with Crippen molar-refractivity contribution in [2.45, 2.75) is 58.3 Å². The van der Waals surface area contributed by atoms with Crippen molar-refractivity contribution >= 4 is 17.6 Å². The third kappa shape index (κ3) is 6.23. The van der Waals surface area contributed by atoms with Crippen LogP contribution in [0.1, 0.15) is 74.4 Å². The number of hydrogen-bond acceptors (Lipinski definition) is 4. The van der Waals surface area contributed by atoms with Gasteiger partial charge in [0, 0.05) is 18.2 Å². The molecule has 6 nitrogen and oxygen atoms in total. The molecule has 0 heterocycles. The predicted molar refractivity (Wildman–Crippen MR) is 123 cm³/mol. The van der Waals surface area contributed by atoms with Crippen LogP contribution >= 0.6 is 0 Å². The summed E-state index contributed by atoms with van der Waals surface area (Å²) in [5.74, 6) is 0.160. The van der Waals surface area contributed by atoms with Crippen LogP contribution in [0, 0.1) is 0 Å². The summed E-state index contributed by atoms with van der Waals surface area (Å²) in [7, 11) is 3.21. The minimum Gasteiger partial charge on any atom is -0.497 e. The predicted octanol–water partition coefficient (Wildman–Crippen LogP) is 5.61. The van der Waals surface area contributed by atoms with Gasteiger partial charge in [-0.25, -0.2) is 4.79 Å². The van der Waals surface area contributed by atoms with Crippen LogP contribution in [0.4, 0.5) is 5.69 Å². The van der Waals surface area contributed by atoms with E-state index in [1.807, 2.05) is 39.0 Å². The molecule has 2 aromatic carbocycles. The van der Waals surface area contributed by atoms with Crippen LogP contribution < -0.4 is 14.8 Å². The Hall–Kier alpha value is -3.02. The number of carbonyl (C=O) groups excluding carboxylic acids is 1. The van der Waals surface area contributed by atoms with Crippen molar-refractivity contribution in [3.8, 4) is 11.5 Å². The summed E-state index contributed by atoms with van der Waals surface area (Å²) in [5.41, 5.74) is 2.27. The minimum absolute atomic E-state index is 0.0356. The van der Waals surface area contributed by atoms with Gasteiger partial charge in [-0.3, -0.25) is 4.79 Å². The van der Waals surface area contributed by atoms with Crippen molar-refractivity contribution < 1.29 is 24.2 Å². The largest absolute Gasteiger partial charge is 0.497 e. The first kappa shape index (κ1) is 24.3. The van der Waals surface area contributed by atoms with Crippen LogP contribution in [0.25, 0.3) is 0 Å². The normalized spacial score (nSPS) is 12.2. The maximum Gasteiger partial charge on any atom is 0.335 e. The van der Waals surface area contributed by atoms with Crippen molar-refractivity contribution in [1.29, 1.82) is 0 Å². The molecule has 31 heavy (non-hydrogen) atoms. The molecule has 0 aromatic heterocycles. The Morgan fingerprint density at radius 3 is 2.32 bits per heavy atom. The van der Waals surface area contributed by atoms with Crippen molar-refractivity contribution in [2.75, 3.05) is 19.5 Å². The van der Waals surface area contributed by atoms with Gasteiger partial charge in [-0.2, -0.15) is 0 Å². The number of amides is 1. The van der Waals surface area contributed by atoms with Crippen LogP contribution in [0.15, 0.2) is 36.4 Å². The van der Waals surface area contributed by atoms with Gasteiger partial charge in [0.05, 0.1) is 19.8 Å². The van der Waals surface area contributed by atoms with Gasteiger partial charge in [0.1, 0.15) is 11.5 Å². The second-order valence-electron chi connectivity index (χ2n) is 8.66. The number of anilines is 1. The highest BCUT2D eigenvalue weighted by atomic mass is 16.5. The molecule has 0 fully saturated rings. The van der Waals surface area contributed by atoms with E-state index in [1.165, 1.54) is 6.07 Å².